The number of hydrogen-bond donors (Lipinski definition) is 0. The molecule has 30 heavy (non-hydrogen) atoms. The van der Waals surface area contributed by atoms with Gasteiger partial charge in [0.1, 0.15) is 0 Å². The second kappa shape index (κ2) is 7.73. The van der Waals surface area contributed by atoms with Crippen LogP contribution in [0.1, 0.15) is 64.2 Å². The first-order valence-corrected chi connectivity index (χ1v) is 11.5. The van der Waals surface area contributed by atoms with Gasteiger partial charge >= 0.3 is 0 Å². The first-order valence-electron chi connectivity index (χ1n) is 11.5. The lowest BCUT2D eigenvalue weighted by molar-refractivity contribution is -0.0314. The first kappa shape index (κ1) is 20.9. The average molecular weight is 397 g/mol. The van der Waals surface area contributed by atoms with Crippen LogP contribution in [0.25, 0.3) is 0 Å². The molecule has 1 aliphatic carbocycles. The van der Waals surface area contributed by atoms with Crippen molar-refractivity contribution in [3.63, 3.8) is 0 Å². The summed E-state index contributed by atoms with van der Waals surface area (Å²) in [5.74, 6) is 1.29. The fourth-order valence-electron chi connectivity index (χ4n) is 7.24. The van der Waals surface area contributed by atoms with Gasteiger partial charge in [0.2, 0.25) is 0 Å². The van der Waals surface area contributed by atoms with Gasteiger partial charge in [0, 0.05) is 10.8 Å². The molecule has 0 heteroatoms. The van der Waals surface area contributed by atoms with Crippen LogP contribution in [0.15, 0.2) is 91.0 Å². The number of rotatable bonds is 4. The summed E-state index contributed by atoms with van der Waals surface area (Å²) in [5.41, 5.74) is 4.28. The molecule has 1 aliphatic rings. The monoisotopic (exact) mass is 396 g/mol. The summed E-state index contributed by atoms with van der Waals surface area (Å²) in [7, 11) is 0. The Bertz CT molecular complexity index is 913. The van der Waals surface area contributed by atoms with Gasteiger partial charge in [-0.25, -0.2) is 0 Å². The fraction of sp³-hybridized carbons (Fsp3) is 0.400. The molecule has 156 valence electrons. The van der Waals surface area contributed by atoms with Crippen LogP contribution in [0.3, 0.4) is 0 Å². The normalized spacial score (nSPS) is 25.2. The third-order valence-corrected chi connectivity index (χ3v) is 8.31. The Kier molecular flexibility index (Phi) is 5.39. The van der Waals surface area contributed by atoms with E-state index in [-0.39, 0.29) is 16.2 Å². The number of hydrogen-bond acceptors (Lipinski definition) is 0. The zero-order valence-corrected chi connectivity index (χ0v) is 19.2. The van der Waals surface area contributed by atoms with Gasteiger partial charge in [0.05, 0.1) is 0 Å². The Hall–Kier alpha value is -2.34. The van der Waals surface area contributed by atoms with Gasteiger partial charge in [-0.15, -0.1) is 0 Å². The minimum atomic E-state index is -0.128. The molecule has 0 N–H and O–H groups in total. The molecule has 0 spiro atoms. The van der Waals surface area contributed by atoms with Crippen molar-refractivity contribution in [2.45, 2.75) is 58.3 Å². The van der Waals surface area contributed by atoms with E-state index in [2.05, 4.69) is 126 Å². The molecule has 1 fully saturated rings. The van der Waals surface area contributed by atoms with Crippen molar-refractivity contribution in [2.75, 3.05) is 0 Å². The summed E-state index contributed by atoms with van der Waals surface area (Å²) >= 11 is 0. The quantitative estimate of drug-likeness (QED) is 0.419. The summed E-state index contributed by atoms with van der Waals surface area (Å²) in [6, 6.07) is 34.0. The summed E-state index contributed by atoms with van der Waals surface area (Å²) in [6.45, 7) is 12.4. The lowest BCUT2D eigenvalue weighted by Gasteiger charge is -2.65. The molecule has 0 bridgehead atoms. The third kappa shape index (κ3) is 2.88. The Morgan fingerprint density at radius 3 is 1.43 bits per heavy atom. The SMILES string of the molecule is CC(C)C1CCC(C)(c2ccccc2)C(c2ccccc2)(c2ccccc2)C1(C)C. The van der Waals surface area contributed by atoms with E-state index in [0.717, 1.165) is 0 Å². The van der Waals surface area contributed by atoms with Gasteiger partial charge in [-0.3, -0.25) is 0 Å². The molecule has 0 amide bonds. The topological polar surface area (TPSA) is 0 Å². The Balaban J connectivity index is 2.14. The first-order chi connectivity index (χ1) is 14.4. The Morgan fingerprint density at radius 2 is 1.03 bits per heavy atom. The molecule has 0 saturated heterocycles. The van der Waals surface area contributed by atoms with Crippen LogP contribution in [0.4, 0.5) is 0 Å². The van der Waals surface area contributed by atoms with Crippen molar-refractivity contribution in [1.29, 1.82) is 0 Å². The molecule has 0 nitrogen and oxygen atoms in total. The van der Waals surface area contributed by atoms with E-state index in [1.54, 1.807) is 0 Å². The van der Waals surface area contributed by atoms with Gasteiger partial charge in [-0.1, -0.05) is 126 Å². The molecule has 0 aromatic heterocycles. The van der Waals surface area contributed by atoms with Crippen molar-refractivity contribution in [2.24, 2.45) is 17.3 Å². The minimum absolute atomic E-state index is 0.00808. The Labute approximate surface area is 183 Å². The second-order valence-corrected chi connectivity index (χ2v) is 10.3. The molecule has 1 saturated carbocycles. The molecular weight excluding hydrogens is 360 g/mol. The van der Waals surface area contributed by atoms with E-state index in [0.29, 0.717) is 11.8 Å². The zero-order valence-electron chi connectivity index (χ0n) is 19.2. The molecule has 4 rings (SSSR count). The van der Waals surface area contributed by atoms with Crippen LogP contribution in [-0.2, 0) is 10.8 Å². The predicted octanol–water partition coefficient (Wildman–Crippen LogP) is 8.02. The van der Waals surface area contributed by atoms with Crippen molar-refractivity contribution in [3.8, 4) is 0 Å². The molecule has 2 atom stereocenters. The van der Waals surface area contributed by atoms with Crippen molar-refractivity contribution in [1.82, 2.24) is 0 Å². The summed E-state index contributed by atoms with van der Waals surface area (Å²) in [6.07, 6.45) is 2.45. The zero-order chi connectivity index (χ0) is 21.4. The fourth-order valence-corrected chi connectivity index (χ4v) is 7.24. The van der Waals surface area contributed by atoms with Gasteiger partial charge in [-0.2, -0.15) is 0 Å². The van der Waals surface area contributed by atoms with Gasteiger partial charge < -0.3 is 0 Å². The molecular formula is C30H36. The summed E-state index contributed by atoms with van der Waals surface area (Å²) in [4.78, 5) is 0. The van der Waals surface area contributed by atoms with Gasteiger partial charge in [0.25, 0.3) is 0 Å². The van der Waals surface area contributed by atoms with E-state index < -0.39 is 0 Å². The summed E-state index contributed by atoms with van der Waals surface area (Å²) in [5, 5.41) is 0. The van der Waals surface area contributed by atoms with Crippen LogP contribution in [0.5, 0.6) is 0 Å². The highest BCUT2D eigenvalue weighted by Crippen LogP contribution is 2.67. The standard InChI is InChI=1S/C30H36/c1-23(2)27-21-22-29(5,24-15-9-6-10-16-24)30(28(27,3)4,25-17-11-7-12-18-25)26-19-13-8-14-20-26/h6-20,23,27H,21-22H2,1-5H3. The highest BCUT2D eigenvalue weighted by Gasteiger charge is 2.64. The molecule has 3 aromatic rings. The van der Waals surface area contributed by atoms with Crippen LogP contribution < -0.4 is 0 Å². The van der Waals surface area contributed by atoms with E-state index in [9.17, 15) is 0 Å². The van der Waals surface area contributed by atoms with Crippen molar-refractivity contribution < 1.29 is 0 Å². The maximum Gasteiger partial charge on any atom is 0.0350 e. The van der Waals surface area contributed by atoms with E-state index in [4.69, 9.17) is 0 Å². The highest BCUT2D eigenvalue weighted by molar-refractivity contribution is 5.52. The molecule has 0 heterocycles. The van der Waals surface area contributed by atoms with E-state index >= 15 is 0 Å². The lowest BCUT2D eigenvalue weighted by atomic mass is 9.37. The number of benzene rings is 3. The van der Waals surface area contributed by atoms with Crippen LogP contribution in [-0.4, -0.2) is 0 Å². The molecule has 0 aliphatic heterocycles. The van der Waals surface area contributed by atoms with Crippen LogP contribution in [0, 0.1) is 17.3 Å². The van der Waals surface area contributed by atoms with Crippen LogP contribution in [0.2, 0.25) is 0 Å². The average Bonchev–Trinajstić information content (AvgIpc) is 2.75. The third-order valence-electron chi connectivity index (χ3n) is 8.31. The minimum Gasteiger partial charge on any atom is -0.0625 e. The largest absolute Gasteiger partial charge is 0.0625 e. The predicted molar refractivity (Wildman–Crippen MR) is 129 cm³/mol. The van der Waals surface area contributed by atoms with E-state index in [1.165, 1.54) is 29.5 Å². The lowest BCUT2D eigenvalue weighted by Crippen LogP contribution is -2.63. The summed E-state index contributed by atoms with van der Waals surface area (Å²) < 4.78 is 0. The van der Waals surface area contributed by atoms with Crippen LogP contribution >= 0.6 is 0 Å². The highest BCUT2D eigenvalue weighted by atomic mass is 14.7. The van der Waals surface area contributed by atoms with E-state index in [1.807, 2.05) is 0 Å². The van der Waals surface area contributed by atoms with Gasteiger partial charge in [0.15, 0.2) is 0 Å². The Morgan fingerprint density at radius 1 is 0.633 bits per heavy atom. The molecule has 3 aromatic carbocycles. The smallest absolute Gasteiger partial charge is 0.0350 e. The van der Waals surface area contributed by atoms with Crippen molar-refractivity contribution >= 4 is 0 Å². The van der Waals surface area contributed by atoms with Gasteiger partial charge in [-0.05, 0) is 46.8 Å². The van der Waals surface area contributed by atoms with Crippen molar-refractivity contribution in [3.05, 3.63) is 108 Å². The maximum atomic E-state index is 2.54. The molecule has 2 unspecified atom stereocenters. The molecule has 0 radical (unpaired) electrons. The second-order valence-electron chi connectivity index (χ2n) is 10.3. The maximum absolute atomic E-state index is 2.54.